The second-order valence-corrected chi connectivity index (χ2v) is 3.89. The van der Waals surface area contributed by atoms with Gasteiger partial charge in [-0.3, -0.25) is 9.48 Å². The van der Waals surface area contributed by atoms with E-state index in [1.165, 1.54) is 0 Å². The van der Waals surface area contributed by atoms with Crippen LogP contribution in [0.1, 0.15) is 6.42 Å². The minimum atomic E-state index is 0.0164. The number of rotatable bonds is 4. The van der Waals surface area contributed by atoms with Gasteiger partial charge in [0.2, 0.25) is 5.91 Å². The lowest BCUT2D eigenvalue weighted by Crippen LogP contribution is -2.33. The smallest absolute Gasteiger partial charge is 0.225 e. The Morgan fingerprint density at radius 1 is 1.75 bits per heavy atom. The molecule has 2 heterocycles. The third-order valence-electron chi connectivity index (χ3n) is 2.59. The molecule has 0 bridgehead atoms. The van der Waals surface area contributed by atoms with Crippen LogP contribution in [0.5, 0.6) is 0 Å². The average Bonchev–Trinajstić information content (AvgIpc) is 2.89. The molecule has 88 valence electrons. The normalized spacial score (nSPS) is 19.9. The number of amides is 1. The molecule has 0 radical (unpaired) electrons. The number of nitrogens with one attached hydrogen (secondary N) is 1. The first-order chi connectivity index (χ1) is 7.75. The Labute approximate surface area is 93.8 Å². The van der Waals surface area contributed by atoms with E-state index in [0.29, 0.717) is 32.0 Å². The van der Waals surface area contributed by atoms with Gasteiger partial charge >= 0.3 is 0 Å². The minimum absolute atomic E-state index is 0.0164. The summed E-state index contributed by atoms with van der Waals surface area (Å²) in [6.45, 7) is 2.43. The van der Waals surface area contributed by atoms with Crippen LogP contribution in [0.25, 0.3) is 0 Å². The number of nitrogen functional groups attached to an aromatic ring is 1. The third-order valence-corrected chi connectivity index (χ3v) is 2.59. The number of carbonyl (C=O) groups is 1. The number of anilines is 1. The van der Waals surface area contributed by atoms with Crippen LogP contribution in [0.2, 0.25) is 0 Å². The van der Waals surface area contributed by atoms with Crippen LogP contribution in [0.3, 0.4) is 0 Å². The van der Waals surface area contributed by atoms with Crippen LogP contribution < -0.4 is 11.1 Å². The highest BCUT2D eigenvalue weighted by atomic mass is 16.5. The van der Waals surface area contributed by atoms with E-state index >= 15 is 0 Å². The lowest BCUT2D eigenvalue weighted by molar-refractivity contribution is -0.124. The molecule has 1 atom stereocenters. The monoisotopic (exact) mass is 224 g/mol. The van der Waals surface area contributed by atoms with E-state index in [9.17, 15) is 4.79 Å². The summed E-state index contributed by atoms with van der Waals surface area (Å²) in [5.41, 5.74) is 6.16. The highest BCUT2D eigenvalue weighted by molar-refractivity contribution is 5.78. The van der Waals surface area contributed by atoms with E-state index < -0.39 is 0 Å². The number of carbonyl (C=O) groups excluding carboxylic acids is 1. The molecule has 1 aromatic rings. The van der Waals surface area contributed by atoms with Gasteiger partial charge in [0.05, 0.1) is 31.0 Å². The van der Waals surface area contributed by atoms with Crippen molar-refractivity contribution in [2.45, 2.75) is 13.0 Å². The summed E-state index contributed by atoms with van der Waals surface area (Å²) in [4.78, 5) is 11.6. The molecule has 1 aliphatic heterocycles. The summed E-state index contributed by atoms with van der Waals surface area (Å²) in [6, 6.07) is 0. The van der Waals surface area contributed by atoms with Crippen molar-refractivity contribution in [2.24, 2.45) is 5.92 Å². The van der Waals surface area contributed by atoms with Gasteiger partial charge in [-0.1, -0.05) is 0 Å². The molecule has 3 N–H and O–H groups in total. The van der Waals surface area contributed by atoms with E-state index in [1.54, 1.807) is 17.1 Å². The SMILES string of the molecule is Nc1cnn(CCNC(=O)C2CCOC2)c1. The van der Waals surface area contributed by atoms with Crippen LogP contribution in [0.4, 0.5) is 5.69 Å². The van der Waals surface area contributed by atoms with Crippen molar-refractivity contribution in [1.82, 2.24) is 15.1 Å². The Bertz CT molecular complexity index is 357. The predicted octanol–water partition coefficient (Wildman–Crippen LogP) is -0.382. The molecule has 0 aliphatic carbocycles. The zero-order chi connectivity index (χ0) is 11.4. The standard InChI is InChI=1S/C10H16N4O2/c11-9-5-13-14(6-9)3-2-12-10(15)8-1-4-16-7-8/h5-6,8H,1-4,7,11H2,(H,12,15). The minimum Gasteiger partial charge on any atom is -0.396 e. The van der Waals surface area contributed by atoms with E-state index in [-0.39, 0.29) is 11.8 Å². The van der Waals surface area contributed by atoms with E-state index in [2.05, 4.69) is 10.4 Å². The number of hydrogen-bond acceptors (Lipinski definition) is 4. The zero-order valence-corrected chi connectivity index (χ0v) is 9.06. The van der Waals surface area contributed by atoms with Gasteiger partial charge in [0.15, 0.2) is 0 Å². The topological polar surface area (TPSA) is 82.2 Å². The number of aromatic nitrogens is 2. The van der Waals surface area contributed by atoms with Crippen LogP contribution in [-0.4, -0.2) is 35.4 Å². The zero-order valence-electron chi connectivity index (χ0n) is 9.06. The molecular formula is C10H16N4O2. The van der Waals surface area contributed by atoms with Gasteiger partial charge in [0.1, 0.15) is 0 Å². The first-order valence-corrected chi connectivity index (χ1v) is 5.39. The highest BCUT2D eigenvalue weighted by Crippen LogP contribution is 2.11. The van der Waals surface area contributed by atoms with Crippen molar-refractivity contribution < 1.29 is 9.53 Å². The molecule has 0 aromatic carbocycles. The van der Waals surface area contributed by atoms with Crippen LogP contribution >= 0.6 is 0 Å². The van der Waals surface area contributed by atoms with Gasteiger partial charge < -0.3 is 15.8 Å². The lowest BCUT2D eigenvalue weighted by atomic mass is 10.1. The molecule has 0 saturated carbocycles. The van der Waals surface area contributed by atoms with Crippen LogP contribution in [0.15, 0.2) is 12.4 Å². The Hall–Kier alpha value is -1.56. The molecule has 2 rings (SSSR count). The van der Waals surface area contributed by atoms with Crippen molar-refractivity contribution in [2.75, 3.05) is 25.5 Å². The summed E-state index contributed by atoms with van der Waals surface area (Å²) >= 11 is 0. The van der Waals surface area contributed by atoms with Gasteiger partial charge in [-0.25, -0.2) is 0 Å². The van der Waals surface area contributed by atoms with Gasteiger partial charge in [-0.15, -0.1) is 0 Å². The quantitative estimate of drug-likeness (QED) is 0.730. The van der Waals surface area contributed by atoms with Crippen molar-refractivity contribution in [1.29, 1.82) is 0 Å². The molecule has 1 saturated heterocycles. The van der Waals surface area contributed by atoms with Crippen molar-refractivity contribution in [3.63, 3.8) is 0 Å². The Kier molecular flexibility index (Phi) is 3.40. The summed E-state index contributed by atoms with van der Waals surface area (Å²) in [7, 11) is 0. The summed E-state index contributed by atoms with van der Waals surface area (Å²) in [5.74, 6) is 0.0836. The molecule has 1 amide bonds. The molecule has 0 spiro atoms. The number of nitrogens with zero attached hydrogens (tertiary/aromatic N) is 2. The van der Waals surface area contributed by atoms with Crippen molar-refractivity contribution >= 4 is 11.6 Å². The average molecular weight is 224 g/mol. The predicted molar refractivity (Wildman–Crippen MR) is 58.6 cm³/mol. The van der Waals surface area contributed by atoms with E-state index in [4.69, 9.17) is 10.5 Å². The Balaban J connectivity index is 1.69. The lowest BCUT2D eigenvalue weighted by Gasteiger charge is -2.08. The number of ether oxygens (including phenoxy) is 1. The van der Waals surface area contributed by atoms with Gasteiger partial charge in [-0.05, 0) is 6.42 Å². The first-order valence-electron chi connectivity index (χ1n) is 5.39. The summed E-state index contributed by atoms with van der Waals surface area (Å²) < 4.78 is 6.86. The van der Waals surface area contributed by atoms with E-state index in [0.717, 1.165) is 6.42 Å². The maximum atomic E-state index is 11.6. The Morgan fingerprint density at radius 2 is 2.62 bits per heavy atom. The molecule has 1 aliphatic rings. The molecule has 1 unspecified atom stereocenters. The molecule has 16 heavy (non-hydrogen) atoms. The second kappa shape index (κ2) is 4.98. The first kappa shape index (κ1) is 10.9. The van der Waals surface area contributed by atoms with Crippen molar-refractivity contribution in [3.8, 4) is 0 Å². The molecule has 6 nitrogen and oxygen atoms in total. The van der Waals surface area contributed by atoms with Crippen molar-refractivity contribution in [3.05, 3.63) is 12.4 Å². The largest absolute Gasteiger partial charge is 0.396 e. The fourth-order valence-electron chi connectivity index (χ4n) is 1.68. The van der Waals surface area contributed by atoms with Gasteiger partial charge in [0, 0.05) is 19.3 Å². The van der Waals surface area contributed by atoms with Gasteiger partial charge in [-0.2, -0.15) is 5.10 Å². The van der Waals surface area contributed by atoms with Gasteiger partial charge in [0.25, 0.3) is 0 Å². The number of hydrogen-bond donors (Lipinski definition) is 2. The van der Waals surface area contributed by atoms with Crippen LogP contribution in [-0.2, 0) is 16.1 Å². The molecule has 6 heteroatoms. The molecule has 1 aromatic heterocycles. The second-order valence-electron chi connectivity index (χ2n) is 3.89. The van der Waals surface area contributed by atoms with E-state index in [1.807, 2.05) is 0 Å². The molecule has 1 fully saturated rings. The Morgan fingerprint density at radius 3 is 3.25 bits per heavy atom. The maximum Gasteiger partial charge on any atom is 0.225 e. The van der Waals surface area contributed by atoms with Crippen LogP contribution in [0, 0.1) is 5.92 Å². The fraction of sp³-hybridized carbons (Fsp3) is 0.600. The molecular weight excluding hydrogens is 208 g/mol. The number of nitrogens with two attached hydrogens (primary N) is 1. The summed E-state index contributed by atoms with van der Waals surface area (Å²) in [5, 5.41) is 6.89. The maximum absolute atomic E-state index is 11.6. The summed E-state index contributed by atoms with van der Waals surface area (Å²) in [6.07, 6.45) is 4.15. The highest BCUT2D eigenvalue weighted by Gasteiger charge is 2.22. The third kappa shape index (κ3) is 2.73. The fourth-order valence-corrected chi connectivity index (χ4v) is 1.68.